The van der Waals surface area contributed by atoms with Gasteiger partial charge in [-0.15, -0.1) is 0 Å². The molecule has 1 rings (SSSR count). The zero-order valence-corrected chi connectivity index (χ0v) is 12.0. The van der Waals surface area contributed by atoms with Crippen molar-refractivity contribution >= 4 is 10.0 Å². The Kier molecular flexibility index (Phi) is 5.31. The van der Waals surface area contributed by atoms with Gasteiger partial charge in [0.2, 0.25) is 10.0 Å². The molecular weight excluding hydrogens is 248 g/mol. The van der Waals surface area contributed by atoms with Crippen LogP contribution in [0.2, 0.25) is 0 Å². The molecule has 0 radical (unpaired) electrons. The summed E-state index contributed by atoms with van der Waals surface area (Å²) in [5.41, 5.74) is 7.62. The molecule has 5 heteroatoms. The molecule has 0 amide bonds. The molecule has 0 bridgehead atoms. The third-order valence-corrected chi connectivity index (χ3v) is 4.55. The van der Waals surface area contributed by atoms with Crippen LogP contribution >= 0.6 is 0 Å². The van der Waals surface area contributed by atoms with Gasteiger partial charge in [-0.1, -0.05) is 19.4 Å². The fourth-order valence-corrected chi connectivity index (χ4v) is 3.11. The summed E-state index contributed by atoms with van der Waals surface area (Å²) in [7, 11) is -3.46. The van der Waals surface area contributed by atoms with Crippen LogP contribution in [-0.4, -0.2) is 21.0 Å². The predicted octanol–water partition coefficient (Wildman–Crippen LogP) is 1.71. The van der Waals surface area contributed by atoms with Crippen LogP contribution in [0.1, 0.15) is 30.9 Å². The normalized spacial score (nSPS) is 13.6. The van der Waals surface area contributed by atoms with Crippen molar-refractivity contribution in [3.05, 3.63) is 29.3 Å². The lowest BCUT2D eigenvalue weighted by molar-refractivity contribution is 0.527. The number of nitrogens with two attached hydrogens (primary N) is 1. The maximum Gasteiger partial charge on any atom is 0.240 e. The minimum absolute atomic E-state index is 0.193. The fraction of sp³-hybridized carbons (Fsp3) is 0.538. The highest BCUT2D eigenvalue weighted by Crippen LogP contribution is 2.15. The van der Waals surface area contributed by atoms with E-state index in [0.29, 0.717) is 11.4 Å². The van der Waals surface area contributed by atoms with Crippen molar-refractivity contribution < 1.29 is 8.42 Å². The van der Waals surface area contributed by atoms with Crippen LogP contribution in [0, 0.1) is 13.8 Å². The number of rotatable bonds is 6. The minimum Gasteiger partial charge on any atom is -0.329 e. The van der Waals surface area contributed by atoms with Gasteiger partial charge in [-0.05, 0) is 43.5 Å². The van der Waals surface area contributed by atoms with Gasteiger partial charge >= 0.3 is 0 Å². The van der Waals surface area contributed by atoms with Gasteiger partial charge in [-0.25, -0.2) is 13.1 Å². The van der Waals surface area contributed by atoms with E-state index in [1.807, 2.05) is 26.8 Å². The molecule has 0 aliphatic carbocycles. The van der Waals surface area contributed by atoms with Crippen molar-refractivity contribution in [2.75, 3.05) is 6.54 Å². The van der Waals surface area contributed by atoms with Gasteiger partial charge in [-0.2, -0.15) is 0 Å². The molecule has 4 nitrogen and oxygen atoms in total. The first-order chi connectivity index (χ1) is 8.40. The Morgan fingerprint density at radius 2 is 1.94 bits per heavy atom. The van der Waals surface area contributed by atoms with Gasteiger partial charge in [0.1, 0.15) is 0 Å². The standard InChI is InChI=1S/C13H22N2O2S/c1-4-5-12(9-14)15-18(16,17)13-7-6-10(2)11(3)8-13/h6-8,12,15H,4-5,9,14H2,1-3H3. The first-order valence-electron chi connectivity index (χ1n) is 6.20. The Morgan fingerprint density at radius 3 is 2.44 bits per heavy atom. The van der Waals surface area contributed by atoms with Gasteiger partial charge in [0.25, 0.3) is 0 Å². The summed E-state index contributed by atoms with van der Waals surface area (Å²) >= 11 is 0. The number of hydrogen-bond acceptors (Lipinski definition) is 3. The summed E-state index contributed by atoms with van der Waals surface area (Å²) in [6.45, 7) is 6.19. The van der Waals surface area contributed by atoms with E-state index < -0.39 is 10.0 Å². The molecule has 1 aromatic rings. The molecule has 1 unspecified atom stereocenters. The van der Waals surface area contributed by atoms with Crippen LogP contribution in [0.3, 0.4) is 0 Å². The largest absolute Gasteiger partial charge is 0.329 e. The second kappa shape index (κ2) is 6.31. The van der Waals surface area contributed by atoms with E-state index in [-0.39, 0.29) is 6.04 Å². The first-order valence-corrected chi connectivity index (χ1v) is 7.68. The van der Waals surface area contributed by atoms with Gasteiger partial charge in [0.05, 0.1) is 4.90 Å². The summed E-state index contributed by atoms with van der Waals surface area (Å²) in [5.74, 6) is 0. The maximum absolute atomic E-state index is 12.2. The van der Waals surface area contributed by atoms with Gasteiger partial charge in [-0.3, -0.25) is 0 Å². The zero-order valence-electron chi connectivity index (χ0n) is 11.2. The average Bonchev–Trinajstić information content (AvgIpc) is 2.31. The summed E-state index contributed by atoms with van der Waals surface area (Å²) in [5, 5.41) is 0. The zero-order chi connectivity index (χ0) is 13.8. The van der Waals surface area contributed by atoms with Crippen LogP contribution in [0.5, 0.6) is 0 Å². The monoisotopic (exact) mass is 270 g/mol. The predicted molar refractivity (Wildman–Crippen MR) is 74.0 cm³/mol. The molecule has 0 aliphatic heterocycles. The lowest BCUT2D eigenvalue weighted by Gasteiger charge is -2.16. The van der Waals surface area contributed by atoms with Gasteiger partial charge < -0.3 is 5.73 Å². The van der Waals surface area contributed by atoms with E-state index in [1.165, 1.54) is 0 Å². The van der Waals surface area contributed by atoms with Gasteiger partial charge in [0, 0.05) is 12.6 Å². The summed E-state index contributed by atoms with van der Waals surface area (Å²) in [6, 6.07) is 4.95. The van der Waals surface area contributed by atoms with Crippen LogP contribution in [0.15, 0.2) is 23.1 Å². The van der Waals surface area contributed by atoms with Crippen molar-refractivity contribution in [2.24, 2.45) is 5.73 Å². The number of benzene rings is 1. The van der Waals surface area contributed by atoms with E-state index in [0.717, 1.165) is 24.0 Å². The Morgan fingerprint density at radius 1 is 1.28 bits per heavy atom. The molecule has 0 saturated carbocycles. The summed E-state index contributed by atoms with van der Waals surface area (Å²) in [6.07, 6.45) is 1.65. The molecule has 3 N–H and O–H groups in total. The Labute approximate surface area is 110 Å². The molecule has 1 atom stereocenters. The van der Waals surface area contributed by atoms with E-state index in [4.69, 9.17) is 5.73 Å². The molecule has 0 aliphatic rings. The SMILES string of the molecule is CCCC(CN)NS(=O)(=O)c1ccc(C)c(C)c1. The van der Waals surface area contributed by atoms with E-state index >= 15 is 0 Å². The second-order valence-corrected chi connectivity index (χ2v) is 6.30. The topological polar surface area (TPSA) is 72.2 Å². The van der Waals surface area contributed by atoms with Crippen molar-refractivity contribution in [3.8, 4) is 0 Å². The van der Waals surface area contributed by atoms with Crippen LogP contribution in [0.25, 0.3) is 0 Å². The molecule has 0 saturated heterocycles. The molecule has 0 spiro atoms. The lowest BCUT2D eigenvalue weighted by Crippen LogP contribution is -2.40. The van der Waals surface area contributed by atoms with E-state index in [2.05, 4.69) is 4.72 Å². The summed E-state index contributed by atoms with van der Waals surface area (Å²) < 4.78 is 27.0. The van der Waals surface area contributed by atoms with Crippen molar-refractivity contribution in [2.45, 2.75) is 44.6 Å². The highest BCUT2D eigenvalue weighted by molar-refractivity contribution is 7.89. The quantitative estimate of drug-likeness (QED) is 0.826. The number of aryl methyl sites for hydroxylation is 2. The van der Waals surface area contributed by atoms with Crippen molar-refractivity contribution in [3.63, 3.8) is 0 Å². The number of nitrogens with one attached hydrogen (secondary N) is 1. The van der Waals surface area contributed by atoms with Crippen molar-refractivity contribution in [1.82, 2.24) is 4.72 Å². The van der Waals surface area contributed by atoms with Crippen LogP contribution in [-0.2, 0) is 10.0 Å². The minimum atomic E-state index is -3.46. The van der Waals surface area contributed by atoms with Crippen LogP contribution < -0.4 is 10.5 Å². The summed E-state index contributed by atoms with van der Waals surface area (Å²) in [4.78, 5) is 0.306. The molecule has 102 valence electrons. The van der Waals surface area contributed by atoms with Gasteiger partial charge in [0.15, 0.2) is 0 Å². The molecule has 0 heterocycles. The average molecular weight is 270 g/mol. The number of hydrogen-bond donors (Lipinski definition) is 2. The molecule has 0 aromatic heterocycles. The fourth-order valence-electron chi connectivity index (χ4n) is 1.74. The van der Waals surface area contributed by atoms with E-state index in [9.17, 15) is 8.42 Å². The first kappa shape index (κ1) is 15.1. The highest BCUT2D eigenvalue weighted by atomic mass is 32.2. The Hall–Kier alpha value is -0.910. The highest BCUT2D eigenvalue weighted by Gasteiger charge is 2.18. The molecular formula is C13H22N2O2S. The third-order valence-electron chi connectivity index (χ3n) is 3.03. The van der Waals surface area contributed by atoms with E-state index in [1.54, 1.807) is 12.1 Å². The third kappa shape index (κ3) is 3.80. The Bertz CT molecular complexity index is 498. The molecule has 18 heavy (non-hydrogen) atoms. The second-order valence-electron chi connectivity index (χ2n) is 4.59. The lowest BCUT2D eigenvalue weighted by atomic mass is 10.1. The number of sulfonamides is 1. The Balaban J connectivity index is 2.95. The van der Waals surface area contributed by atoms with Crippen LogP contribution in [0.4, 0.5) is 0 Å². The molecule has 0 fully saturated rings. The van der Waals surface area contributed by atoms with Crippen molar-refractivity contribution in [1.29, 1.82) is 0 Å². The smallest absolute Gasteiger partial charge is 0.240 e. The maximum atomic E-state index is 12.2. The molecule has 1 aromatic carbocycles.